The lowest BCUT2D eigenvalue weighted by atomic mass is 9.74. The number of hydrogen-bond donors (Lipinski definition) is 0. The molecule has 0 aliphatic heterocycles. The van der Waals surface area contributed by atoms with Gasteiger partial charge in [-0.3, -0.25) is 4.79 Å². The Kier molecular flexibility index (Phi) is 3.39. The standard InChI is InChI=1S/C17H18O/c1-13-15(11-17(2,3)12-16(13)18)10-9-14-7-5-4-6-8-14/h4-8H,11-12H2,1-3H3. The Balaban J connectivity index is 2.31. The second kappa shape index (κ2) is 4.82. The molecular weight excluding hydrogens is 220 g/mol. The number of hydrogen-bond acceptors (Lipinski definition) is 1. The van der Waals surface area contributed by atoms with E-state index in [0.29, 0.717) is 6.42 Å². The molecule has 0 spiro atoms. The summed E-state index contributed by atoms with van der Waals surface area (Å²) in [5.74, 6) is 6.56. The number of allylic oxidation sites excluding steroid dienone is 2. The highest BCUT2D eigenvalue weighted by Crippen LogP contribution is 2.36. The summed E-state index contributed by atoms with van der Waals surface area (Å²) in [6.07, 6.45) is 1.53. The highest BCUT2D eigenvalue weighted by Gasteiger charge is 2.30. The molecule has 0 unspecified atom stereocenters. The molecule has 1 heteroatoms. The summed E-state index contributed by atoms with van der Waals surface area (Å²) in [5, 5.41) is 0. The summed E-state index contributed by atoms with van der Waals surface area (Å²) in [5.41, 5.74) is 2.88. The minimum Gasteiger partial charge on any atom is -0.295 e. The van der Waals surface area contributed by atoms with E-state index in [-0.39, 0.29) is 11.2 Å². The van der Waals surface area contributed by atoms with Crippen LogP contribution in [-0.4, -0.2) is 5.78 Å². The van der Waals surface area contributed by atoms with Gasteiger partial charge in [0.2, 0.25) is 0 Å². The van der Waals surface area contributed by atoms with Crippen LogP contribution in [0.15, 0.2) is 41.5 Å². The molecule has 0 aromatic heterocycles. The molecule has 92 valence electrons. The van der Waals surface area contributed by atoms with E-state index in [0.717, 1.165) is 23.1 Å². The van der Waals surface area contributed by atoms with Crippen molar-refractivity contribution in [1.29, 1.82) is 0 Å². The smallest absolute Gasteiger partial charge is 0.160 e. The molecule has 0 radical (unpaired) electrons. The summed E-state index contributed by atoms with van der Waals surface area (Å²) in [4.78, 5) is 11.9. The first-order valence-corrected chi connectivity index (χ1v) is 6.28. The van der Waals surface area contributed by atoms with Crippen molar-refractivity contribution in [3.05, 3.63) is 47.0 Å². The van der Waals surface area contributed by atoms with Crippen LogP contribution in [0.5, 0.6) is 0 Å². The molecule has 0 atom stereocenters. The molecule has 1 aliphatic rings. The van der Waals surface area contributed by atoms with Crippen LogP contribution in [0.3, 0.4) is 0 Å². The largest absolute Gasteiger partial charge is 0.295 e. The quantitative estimate of drug-likeness (QED) is 0.629. The molecule has 1 aromatic carbocycles. The van der Waals surface area contributed by atoms with Crippen molar-refractivity contribution >= 4 is 5.78 Å². The van der Waals surface area contributed by atoms with Gasteiger partial charge in [-0.2, -0.15) is 0 Å². The molecule has 0 heterocycles. The molecule has 0 amide bonds. The molecule has 18 heavy (non-hydrogen) atoms. The van der Waals surface area contributed by atoms with Crippen molar-refractivity contribution in [3.63, 3.8) is 0 Å². The van der Waals surface area contributed by atoms with Gasteiger partial charge in [0.05, 0.1) is 0 Å². The van der Waals surface area contributed by atoms with Gasteiger partial charge < -0.3 is 0 Å². The molecule has 0 N–H and O–H groups in total. The fourth-order valence-corrected chi connectivity index (χ4v) is 2.22. The Bertz CT molecular complexity index is 550. The highest BCUT2D eigenvalue weighted by atomic mass is 16.1. The third kappa shape index (κ3) is 2.90. The topological polar surface area (TPSA) is 17.1 Å². The Morgan fingerprint density at radius 1 is 1.06 bits per heavy atom. The predicted molar refractivity (Wildman–Crippen MR) is 74.0 cm³/mol. The number of ketones is 1. The summed E-state index contributed by atoms with van der Waals surface area (Å²) in [6.45, 7) is 6.15. The Hall–Kier alpha value is -1.81. The van der Waals surface area contributed by atoms with E-state index in [9.17, 15) is 4.79 Å². The summed E-state index contributed by atoms with van der Waals surface area (Å²) in [7, 11) is 0. The normalized spacial score (nSPS) is 18.3. The van der Waals surface area contributed by atoms with Crippen molar-refractivity contribution in [2.45, 2.75) is 33.6 Å². The zero-order valence-corrected chi connectivity index (χ0v) is 11.2. The van der Waals surface area contributed by atoms with Crippen LogP contribution < -0.4 is 0 Å². The second-order valence-electron chi connectivity index (χ2n) is 5.66. The summed E-state index contributed by atoms with van der Waals surface area (Å²) in [6, 6.07) is 9.89. The number of carbonyl (C=O) groups excluding carboxylic acids is 1. The van der Waals surface area contributed by atoms with Crippen LogP contribution in [0.4, 0.5) is 0 Å². The average Bonchev–Trinajstić information content (AvgIpc) is 2.33. The third-order valence-corrected chi connectivity index (χ3v) is 3.30. The maximum Gasteiger partial charge on any atom is 0.160 e. The lowest BCUT2D eigenvalue weighted by Crippen LogP contribution is -2.24. The molecule has 0 bridgehead atoms. The Morgan fingerprint density at radius 3 is 2.39 bits per heavy atom. The number of Topliss-reactive ketones (excluding diaryl/α,β-unsaturated/α-hetero) is 1. The van der Waals surface area contributed by atoms with Gasteiger partial charge in [0, 0.05) is 23.1 Å². The molecule has 0 saturated heterocycles. The first-order valence-electron chi connectivity index (χ1n) is 6.28. The minimum absolute atomic E-state index is 0.0390. The zero-order chi connectivity index (χ0) is 13.2. The van der Waals surface area contributed by atoms with Crippen LogP contribution in [0.25, 0.3) is 0 Å². The molecular formula is C17H18O. The summed E-state index contributed by atoms with van der Waals surface area (Å²) >= 11 is 0. The van der Waals surface area contributed by atoms with Crippen LogP contribution in [0.1, 0.15) is 39.2 Å². The number of rotatable bonds is 0. The Labute approximate surface area is 109 Å². The van der Waals surface area contributed by atoms with Gasteiger partial charge in [0.1, 0.15) is 0 Å². The van der Waals surface area contributed by atoms with Gasteiger partial charge in [0.25, 0.3) is 0 Å². The molecule has 1 aliphatic carbocycles. The van der Waals surface area contributed by atoms with Crippen LogP contribution in [0, 0.1) is 17.3 Å². The third-order valence-electron chi connectivity index (χ3n) is 3.30. The van der Waals surface area contributed by atoms with Crippen molar-refractivity contribution < 1.29 is 4.79 Å². The van der Waals surface area contributed by atoms with Crippen molar-refractivity contribution in [2.75, 3.05) is 0 Å². The lowest BCUT2D eigenvalue weighted by Gasteiger charge is -2.29. The van der Waals surface area contributed by atoms with E-state index in [1.807, 2.05) is 37.3 Å². The van der Waals surface area contributed by atoms with Crippen molar-refractivity contribution in [3.8, 4) is 11.8 Å². The van der Waals surface area contributed by atoms with E-state index in [4.69, 9.17) is 0 Å². The van der Waals surface area contributed by atoms with E-state index in [1.165, 1.54) is 0 Å². The fourth-order valence-electron chi connectivity index (χ4n) is 2.22. The van der Waals surface area contributed by atoms with Crippen LogP contribution >= 0.6 is 0 Å². The molecule has 2 rings (SSSR count). The Morgan fingerprint density at radius 2 is 1.72 bits per heavy atom. The minimum atomic E-state index is 0.0390. The SMILES string of the molecule is CC1=C(C#Cc2ccccc2)CC(C)(C)CC1=O. The van der Waals surface area contributed by atoms with Gasteiger partial charge in [0.15, 0.2) is 5.78 Å². The van der Waals surface area contributed by atoms with Gasteiger partial charge in [-0.1, -0.05) is 43.9 Å². The van der Waals surface area contributed by atoms with Gasteiger partial charge in [-0.15, -0.1) is 0 Å². The monoisotopic (exact) mass is 238 g/mol. The number of benzene rings is 1. The van der Waals surface area contributed by atoms with Gasteiger partial charge >= 0.3 is 0 Å². The van der Waals surface area contributed by atoms with Crippen molar-refractivity contribution in [1.82, 2.24) is 0 Å². The van der Waals surface area contributed by atoms with E-state index >= 15 is 0 Å². The average molecular weight is 238 g/mol. The molecule has 1 aromatic rings. The second-order valence-corrected chi connectivity index (χ2v) is 5.66. The molecule has 0 saturated carbocycles. The maximum absolute atomic E-state index is 11.9. The van der Waals surface area contributed by atoms with E-state index in [2.05, 4.69) is 25.7 Å². The van der Waals surface area contributed by atoms with E-state index < -0.39 is 0 Å². The predicted octanol–water partition coefficient (Wildman–Crippen LogP) is 3.74. The highest BCUT2D eigenvalue weighted by molar-refractivity contribution is 5.97. The fraction of sp³-hybridized carbons (Fsp3) is 0.353. The molecule has 0 fully saturated rings. The molecule has 1 nitrogen and oxygen atoms in total. The number of carbonyl (C=O) groups is 1. The lowest BCUT2D eigenvalue weighted by molar-refractivity contribution is -0.118. The van der Waals surface area contributed by atoms with Gasteiger partial charge in [-0.25, -0.2) is 0 Å². The zero-order valence-electron chi connectivity index (χ0n) is 11.2. The first-order chi connectivity index (χ1) is 8.48. The maximum atomic E-state index is 11.9. The van der Waals surface area contributed by atoms with E-state index in [1.54, 1.807) is 0 Å². The van der Waals surface area contributed by atoms with Gasteiger partial charge in [-0.05, 0) is 30.9 Å². The summed E-state index contributed by atoms with van der Waals surface area (Å²) < 4.78 is 0. The van der Waals surface area contributed by atoms with Crippen LogP contribution in [0.2, 0.25) is 0 Å². The van der Waals surface area contributed by atoms with Crippen LogP contribution in [-0.2, 0) is 4.79 Å². The van der Waals surface area contributed by atoms with Crippen molar-refractivity contribution in [2.24, 2.45) is 5.41 Å². The first kappa shape index (κ1) is 12.6.